The fourth-order valence-corrected chi connectivity index (χ4v) is 3.95. The van der Waals surface area contributed by atoms with Crippen LogP contribution in [0.2, 0.25) is 0 Å². The van der Waals surface area contributed by atoms with E-state index in [-0.39, 0.29) is 0 Å². The van der Waals surface area contributed by atoms with Crippen molar-refractivity contribution < 1.29 is 10.0 Å². The molecule has 1 aromatic carbocycles. The van der Waals surface area contributed by atoms with Gasteiger partial charge in [0.2, 0.25) is 0 Å². The zero-order chi connectivity index (χ0) is 13.0. The molecule has 1 aromatic rings. The SMILES string of the molecule is CC1CCCC(SCc2ccc(B(O)O)cc2)C1. The maximum atomic E-state index is 9.03. The van der Waals surface area contributed by atoms with Crippen LogP contribution in [-0.2, 0) is 5.75 Å². The summed E-state index contributed by atoms with van der Waals surface area (Å²) in [5.41, 5.74) is 1.83. The van der Waals surface area contributed by atoms with Crippen molar-refractivity contribution in [1.82, 2.24) is 0 Å². The Labute approximate surface area is 114 Å². The standard InChI is InChI=1S/C14H21BO2S/c1-11-3-2-4-14(9-11)18-10-12-5-7-13(8-6-12)15(16)17/h5-8,11,14,16-17H,2-4,9-10H2,1H3. The molecule has 98 valence electrons. The summed E-state index contributed by atoms with van der Waals surface area (Å²) in [6.45, 7) is 2.35. The van der Waals surface area contributed by atoms with E-state index in [2.05, 4.69) is 6.92 Å². The van der Waals surface area contributed by atoms with E-state index in [1.165, 1.54) is 31.2 Å². The molecule has 0 radical (unpaired) electrons. The number of thioether (sulfide) groups is 1. The Kier molecular flexibility index (Phi) is 5.16. The molecule has 1 fully saturated rings. The molecule has 0 spiro atoms. The van der Waals surface area contributed by atoms with Crippen molar-refractivity contribution in [2.75, 3.05) is 0 Å². The second-order valence-electron chi connectivity index (χ2n) is 5.32. The first-order valence-electron chi connectivity index (χ1n) is 6.71. The Hall–Kier alpha value is -0.445. The van der Waals surface area contributed by atoms with Crippen LogP contribution < -0.4 is 5.46 Å². The van der Waals surface area contributed by atoms with Crippen molar-refractivity contribution in [3.8, 4) is 0 Å². The van der Waals surface area contributed by atoms with Gasteiger partial charge >= 0.3 is 7.12 Å². The van der Waals surface area contributed by atoms with Crippen LogP contribution in [0.25, 0.3) is 0 Å². The molecule has 2 N–H and O–H groups in total. The van der Waals surface area contributed by atoms with Gasteiger partial charge in [0, 0.05) is 11.0 Å². The lowest BCUT2D eigenvalue weighted by Crippen LogP contribution is -2.29. The molecule has 0 saturated heterocycles. The molecular weight excluding hydrogens is 243 g/mol. The van der Waals surface area contributed by atoms with Gasteiger partial charge < -0.3 is 10.0 Å². The summed E-state index contributed by atoms with van der Waals surface area (Å²) >= 11 is 2.04. The molecular formula is C14H21BO2S. The summed E-state index contributed by atoms with van der Waals surface area (Å²) in [5.74, 6) is 1.90. The molecule has 18 heavy (non-hydrogen) atoms. The Bertz CT molecular complexity index is 367. The first-order chi connectivity index (χ1) is 8.65. The van der Waals surface area contributed by atoms with Crippen LogP contribution in [0, 0.1) is 5.92 Å². The minimum absolute atomic E-state index is 0.565. The molecule has 0 aromatic heterocycles. The second kappa shape index (κ2) is 6.64. The smallest absolute Gasteiger partial charge is 0.423 e. The van der Waals surface area contributed by atoms with Crippen molar-refractivity contribution in [3.63, 3.8) is 0 Å². The predicted molar refractivity (Wildman–Crippen MR) is 79.0 cm³/mol. The molecule has 0 heterocycles. The fraction of sp³-hybridized carbons (Fsp3) is 0.571. The van der Waals surface area contributed by atoms with Gasteiger partial charge in [-0.1, -0.05) is 44.0 Å². The summed E-state index contributed by atoms with van der Waals surface area (Å²) in [6.07, 6.45) is 5.45. The van der Waals surface area contributed by atoms with Crippen LogP contribution in [0.1, 0.15) is 38.2 Å². The Balaban J connectivity index is 1.82. The summed E-state index contributed by atoms with van der Waals surface area (Å²) in [4.78, 5) is 0. The lowest BCUT2D eigenvalue weighted by molar-refractivity contribution is 0.394. The molecule has 0 aliphatic heterocycles. The van der Waals surface area contributed by atoms with E-state index in [4.69, 9.17) is 10.0 Å². The molecule has 2 atom stereocenters. The van der Waals surface area contributed by atoms with Crippen LogP contribution >= 0.6 is 11.8 Å². The molecule has 1 saturated carbocycles. The highest BCUT2D eigenvalue weighted by atomic mass is 32.2. The molecule has 0 amide bonds. The van der Waals surface area contributed by atoms with E-state index in [1.807, 2.05) is 23.9 Å². The second-order valence-corrected chi connectivity index (χ2v) is 6.61. The van der Waals surface area contributed by atoms with E-state index >= 15 is 0 Å². The highest BCUT2D eigenvalue weighted by Gasteiger charge is 2.19. The van der Waals surface area contributed by atoms with E-state index < -0.39 is 7.12 Å². The Morgan fingerprint density at radius 2 is 1.94 bits per heavy atom. The molecule has 2 nitrogen and oxygen atoms in total. The summed E-state index contributed by atoms with van der Waals surface area (Å²) in [6, 6.07) is 7.58. The van der Waals surface area contributed by atoms with Gasteiger partial charge in [-0.15, -0.1) is 0 Å². The van der Waals surface area contributed by atoms with Crippen molar-refractivity contribution >= 4 is 24.3 Å². The average molecular weight is 264 g/mol. The van der Waals surface area contributed by atoms with Gasteiger partial charge in [0.25, 0.3) is 0 Å². The van der Waals surface area contributed by atoms with Crippen molar-refractivity contribution in [2.45, 2.75) is 43.6 Å². The van der Waals surface area contributed by atoms with Crippen LogP contribution in [0.4, 0.5) is 0 Å². The molecule has 1 aliphatic rings. The topological polar surface area (TPSA) is 40.5 Å². The minimum Gasteiger partial charge on any atom is -0.423 e. The highest BCUT2D eigenvalue weighted by Crippen LogP contribution is 2.33. The van der Waals surface area contributed by atoms with E-state index in [0.29, 0.717) is 5.46 Å². The quantitative estimate of drug-likeness (QED) is 0.819. The largest absolute Gasteiger partial charge is 0.488 e. The van der Waals surface area contributed by atoms with Crippen molar-refractivity contribution in [3.05, 3.63) is 29.8 Å². The highest BCUT2D eigenvalue weighted by molar-refractivity contribution is 7.99. The lowest BCUT2D eigenvalue weighted by atomic mass is 9.80. The maximum absolute atomic E-state index is 9.03. The zero-order valence-corrected chi connectivity index (χ0v) is 11.7. The lowest BCUT2D eigenvalue weighted by Gasteiger charge is -2.26. The zero-order valence-electron chi connectivity index (χ0n) is 10.9. The number of hydrogen-bond donors (Lipinski definition) is 2. The van der Waals surface area contributed by atoms with Gasteiger partial charge in [-0.25, -0.2) is 0 Å². The average Bonchev–Trinajstić information content (AvgIpc) is 2.37. The van der Waals surface area contributed by atoms with Gasteiger partial charge in [0.05, 0.1) is 0 Å². The van der Waals surface area contributed by atoms with Crippen LogP contribution in [-0.4, -0.2) is 22.4 Å². The fourth-order valence-electron chi connectivity index (χ4n) is 2.53. The van der Waals surface area contributed by atoms with Gasteiger partial charge in [-0.2, -0.15) is 11.8 Å². The molecule has 2 rings (SSSR count). The van der Waals surface area contributed by atoms with Gasteiger partial charge in [0.1, 0.15) is 0 Å². The monoisotopic (exact) mass is 264 g/mol. The summed E-state index contributed by atoms with van der Waals surface area (Å²) in [7, 11) is -1.36. The Morgan fingerprint density at radius 1 is 1.22 bits per heavy atom. The number of benzene rings is 1. The maximum Gasteiger partial charge on any atom is 0.488 e. The van der Waals surface area contributed by atoms with Crippen molar-refractivity contribution in [1.29, 1.82) is 0 Å². The van der Waals surface area contributed by atoms with Crippen LogP contribution in [0.5, 0.6) is 0 Å². The van der Waals surface area contributed by atoms with E-state index in [1.54, 1.807) is 12.1 Å². The van der Waals surface area contributed by atoms with Crippen LogP contribution in [0.15, 0.2) is 24.3 Å². The van der Waals surface area contributed by atoms with E-state index in [0.717, 1.165) is 16.9 Å². The van der Waals surface area contributed by atoms with Gasteiger partial charge in [-0.3, -0.25) is 0 Å². The normalized spacial score (nSPS) is 23.9. The molecule has 4 heteroatoms. The van der Waals surface area contributed by atoms with E-state index in [9.17, 15) is 0 Å². The molecule has 1 aliphatic carbocycles. The van der Waals surface area contributed by atoms with Gasteiger partial charge in [-0.05, 0) is 29.8 Å². The Morgan fingerprint density at radius 3 is 2.56 bits per heavy atom. The molecule has 0 bridgehead atoms. The number of hydrogen-bond acceptors (Lipinski definition) is 3. The predicted octanol–water partition coefficient (Wildman–Crippen LogP) is 2.18. The first-order valence-corrected chi connectivity index (χ1v) is 7.76. The molecule has 2 unspecified atom stereocenters. The third kappa shape index (κ3) is 4.04. The summed E-state index contributed by atoms with van der Waals surface area (Å²) in [5, 5.41) is 18.9. The third-order valence-electron chi connectivity index (χ3n) is 3.65. The van der Waals surface area contributed by atoms with Crippen LogP contribution in [0.3, 0.4) is 0 Å². The minimum atomic E-state index is -1.36. The first kappa shape index (κ1) is 14.0. The number of rotatable bonds is 4. The van der Waals surface area contributed by atoms with Gasteiger partial charge in [0.15, 0.2) is 0 Å². The van der Waals surface area contributed by atoms with Crippen molar-refractivity contribution in [2.24, 2.45) is 5.92 Å². The summed E-state index contributed by atoms with van der Waals surface area (Å²) < 4.78 is 0. The third-order valence-corrected chi connectivity index (χ3v) is 5.05.